The van der Waals surface area contributed by atoms with Crippen molar-refractivity contribution in [3.8, 4) is 22.8 Å². The summed E-state index contributed by atoms with van der Waals surface area (Å²) in [6, 6.07) is 19.6. The minimum absolute atomic E-state index is 0.331. The van der Waals surface area contributed by atoms with Crippen LogP contribution in [0.3, 0.4) is 0 Å². The number of benzene rings is 3. The van der Waals surface area contributed by atoms with E-state index < -0.39 is 18.0 Å². The van der Waals surface area contributed by atoms with Crippen LogP contribution in [0.1, 0.15) is 30.9 Å². The molecule has 0 saturated heterocycles. The van der Waals surface area contributed by atoms with Gasteiger partial charge in [0, 0.05) is 11.3 Å². The number of ether oxygens (including phenoxy) is 1. The first-order valence-electron chi connectivity index (χ1n) is 11.9. The highest BCUT2D eigenvalue weighted by molar-refractivity contribution is 7.80. The maximum absolute atomic E-state index is 13.1. The van der Waals surface area contributed by atoms with Gasteiger partial charge in [0.2, 0.25) is 0 Å². The van der Waals surface area contributed by atoms with Gasteiger partial charge in [-0.05, 0) is 59.6 Å². The van der Waals surface area contributed by atoms with Gasteiger partial charge in [0.1, 0.15) is 12.1 Å². The Hall–Kier alpha value is -4.39. The number of hydrogen-bond donors (Lipinski definition) is 2. The van der Waals surface area contributed by atoms with E-state index in [1.165, 1.54) is 23.1 Å². The molecule has 0 aliphatic carbocycles. The maximum Gasteiger partial charge on any atom is 0.499 e. The van der Waals surface area contributed by atoms with E-state index in [1.807, 2.05) is 24.3 Å². The number of hydrazone groups is 1. The zero-order valence-corrected chi connectivity index (χ0v) is 22.0. The maximum atomic E-state index is 13.1. The van der Waals surface area contributed by atoms with Crippen LogP contribution in [0.15, 0.2) is 84.2 Å². The standard InChI is InChI=1S/C27H23F5N6OS/c1-17(2)22-5-3-4-6-23(22)35-25(40)36-34-15-18-7-9-19(10-8-18)24-33-16-38(37-24)20-11-13-21(14-12-20)39-27(31,32)26(28,29)30/h3-17H,1-2H3,(H2,35,36,40)/b34-15+. The molecule has 4 aromatic rings. The van der Waals surface area contributed by atoms with Gasteiger partial charge in [-0.15, -0.1) is 5.10 Å². The molecule has 0 amide bonds. The van der Waals surface area contributed by atoms with E-state index in [4.69, 9.17) is 12.2 Å². The molecule has 0 aliphatic heterocycles. The summed E-state index contributed by atoms with van der Waals surface area (Å²) in [5.74, 6) is 0.0619. The summed E-state index contributed by atoms with van der Waals surface area (Å²) in [4.78, 5) is 4.23. The first kappa shape index (κ1) is 28.6. The number of anilines is 1. The third kappa shape index (κ3) is 6.97. The quantitative estimate of drug-likeness (QED) is 0.103. The molecule has 2 N–H and O–H groups in total. The summed E-state index contributed by atoms with van der Waals surface area (Å²) < 4.78 is 68.3. The highest BCUT2D eigenvalue weighted by atomic mass is 32.1. The van der Waals surface area contributed by atoms with Gasteiger partial charge < -0.3 is 10.1 Å². The zero-order valence-electron chi connectivity index (χ0n) is 21.2. The first-order valence-corrected chi connectivity index (χ1v) is 12.3. The van der Waals surface area contributed by atoms with Crippen LogP contribution < -0.4 is 15.5 Å². The van der Waals surface area contributed by atoms with Gasteiger partial charge in [-0.3, -0.25) is 5.43 Å². The summed E-state index contributed by atoms with van der Waals surface area (Å²) in [7, 11) is 0. The van der Waals surface area contributed by atoms with Gasteiger partial charge in [0.15, 0.2) is 10.9 Å². The molecule has 3 aromatic carbocycles. The Balaban J connectivity index is 1.35. The predicted molar refractivity (Wildman–Crippen MR) is 146 cm³/mol. The van der Waals surface area contributed by atoms with E-state index in [-0.39, 0.29) is 0 Å². The number of hydrogen-bond acceptors (Lipinski definition) is 5. The third-order valence-corrected chi connectivity index (χ3v) is 5.74. The number of alkyl halides is 5. The topological polar surface area (TPSA) is 76.4 Å². The van der Waals surface area contributed by atoms with Crippen LogP contribution in [0.2, 0.25) is 0 Å². The second-order valence-electron chi connectivity index (χ2n) is 8.81. The van der Waals surface area contributed by atoms with Gasteiger partial charge in [-0.2, -0.15) is 27.1 Å². The van der Waals surface area contributed by atoms with Gasteiger partial charge >= 0.3 is 12.3 Å². The molecule has 0 fully saturated rings. The molecule has 0 spiro atoms. The van der Waals surface area contributed by atoms with E-state index in [1.54, 1.807) is 30.5 Å². The lowest BCUT2D eigenvalue weighted by Gasteiger charge is -2.20. The number of aromatic nitrogens is 3. The second kappa shape index (κ2) is 11.8. The van der Waals surface area contributed by atoms with Gasteiger partial charge in [-0.25, -0.2) is 9.67 Å². The average Bonchev–Trinajstić information content (AvgIpc) is 3.39. The van der Waals surface area contributed by atoms with Crippen LogP contribution >= 0.6 is 12.2 Å². The van der Waals surface area contributed by atoms with E-state index >= 15 is 0 Å². The monoisotopic (exact) mass is 574 g/mol. The van der Waals surface area contributed by atoms with Crippen LogP contribution in [0.4, 0.5) is 27.6 Å². The lowest BCUT2D eigenvalue weighted by atomic mass is 10.0. The number of nitrogens with one attached hydrogen (secondary N) is 2. The van der Waals surface area contributed by atoms with Crippen molar-refractivity contribution in [2.45, 2.75) is 32.1 Å². The number of halogens is 5. The fraction of sp³-hybridized carbons (Fsp3) is 0.185. The highest BCUT2D eigenvalue weighted by Gasteiger charge is 2.61. The summed E-state index contributed by atoms with van der Waals surface area (Å²) >= 11 is 5.33. The van der Waals surface area contributed by atoms with Crippen LogP contribution in [0.5, 0.6) is 5.75 Å². The summed E-state index contributed by atoms with van der Waals surface area (Å²) in [6.07, 6.45) is -8.14. The Morgan fingerprint density at radius 2 is 1.65 bits per heavy atom. The minimum Gasteiger partial charge on any atom is -0.426 e. The van der Waals surface area contributed by atoms with Crippen LogP contribution in [-0.2, 0) is 0 Å². The van der Waals surface area contributed by atoms with Crippen LogP contribution in [0, 0.1) is 0 Å². The third-order valence-electron chi connectivity index (χ3n) is 5.55. The van der Waals surface area contributed by atoms with E-state index in [0.29, 0.717) is 28.1 Å². The van der Waals surface area contributed by atoms with Crippen molar-refractivity contribution in [3.63, 3.8) is 0 Å². The van der Waals surface area contributed by atoms with Crippen molar-refractivity contribution in [3.05, 3.63) is 90.3 Å². The normalized spacial score (nSPS) is 12.1. The first-order chi connectivity index (χ1) is 18.9. The van der Waals surface area contributed by atoms with E-state index in [0.717, 1.165) is 28.9 Å². The van der Waals surface area contributed by atoms with Gasteiger partial charge in [0.05, 0.1) is 11.9 Å². The molecular formula is C27H23F5N6OS. The molecule has 4 rings (SSSR count). The Kier molecular flexibility index (Phi) is 8.43. The average molecular weight is 575 g/mol. The van der Waals surface area contributed by atoms with E-state index in [2.05, 4.69) is 44.5 Å². The van der Waals surface area contributed by atoms with Crippen molar-refractivity contribution in [2.24, 2.45) is 5.10 Å². The minimum atomic E-state index is -5.82. The van der Waals surface area contributed by atoms with Gasteiger partial charge in [0.25, 0.3) is 0 Å². The number of thiocarbonyl (C=S) groups is 1. The smallest absolute Gasteiger partial charge is 0.426 e. The van der Waals surface area contributed by atoms with Crippen LogP contribution in [0.25, 0.3) is 17.1 Å². The molecule has 1 aromatic heterocycles. The Morgan fingerprint density at radius 1 is 0.975 bits per heavy atom. The fourth-order valence-electron chi connectivity index (χ4n) is 3.54. The lowest BCUT2D eigenvalue weighted by Crippen LogP contribution is -2.41. The molecule has 0 aliphatic rings. The Bertz CT molecular complexity index is 1480. The number of para-hydroxylation sites is 1. The SMILES string of the molecule is CC(C)c1ccccc1NC(=S)N/N=C/c1ccc(-c2ncn(-c3ccc(OC(F)(F)C(F)(F)F)cc3)n2)cc1. The molecular weight excluding hydrogens is 551 g/mol. The number of rotatable bonds is 8. The van der Waals surface area contributed by atoms with Crippen molar-refractivity contribution in [1.29, 1.82) is 0 Å². The molecule has 13 heteroatoms. The highest BCUT2D eigenvalue weighted by Crippen LogP contribution is 2.37. The van der Waals surface area contributed by atoms with Crippen molar-refractivity contribution in [2.75, 3.05) is 5.32 Å². The number of nitrogens with zero attached hydrogens (tertiary/aromatic N) is 4. The Labute approximate surface area is 231 Å². The van der Waals surface area contributed by atoms with Crippen molar-refractivity contribution >= 4 is 29.2 Å². The largest absolute Gasteiger partial charge is 0.499 e. The predicted octanol–water partition coefficient (Wildman–Crippen LogP) is 6.91. The molecule has 1 heterocycles. The summed E-state index contributed by atoms with van der Waals surface area (Å²) in [5.41, 5.74) is 6.70. The molecule has 0 unspecified atom stereocenters. The second-order valence-corrected chi connectivity index (χ2v) is 9.22. The van der Waals surface area contributed by atoms with Crippen molar-refractivity contribution in [1.82, 2.24) is 20.2 Å². The Morgan fingerprint density at radius 3 is 2.30 bits per heavy atom. The van der Waals surface area contributed by atoms with Crippen LogP contribution in [-0.4, -0.2) is 38.4 Å². The molecule has 7 nitrogen and oxygen atoms in total. The molecule has 0 atom stereocenters. The summed E-state index contributed by atoms with van der Waals surface area (Å²) in [5, 5.41) is 12.0. The molecule has 0 bridgehead atoms. The molecule has 0 radical (unpaired) electrons. The lowest BCUT2D eigenvalue weighted by molar-refractivity contribution is -0.360. The molecule has 208 valence electrons. The fourth-order valence-corrected chi connectivity index (χ4v) is 3.70. The van der Waals surface area contributed by atoms with Crippen molar-refractivity contribution < 1.29 is 26.7 Å². The van der Waals surface area contributed by atoms with Gasteiger partial charge in [-0.1, -0.05) is 56.3 Å². The van der Waals surface area contributed by atoms with E-state index in [9.17, 15) is 22.0 Å². The zero-order chi connectivity index (χ0) is 28.9. The summed E-state index contributed by atoms with van der Waals surface area (Å²) in [6.45, 7) is 4.20. The molecule has 40 heavy (non-hydrogen) atoms. The molecule has 0 saturated carbocycles.